The summed E-state index contributed by atoms with van der Waals surface area (Å²) >= 11 is 0. The number of phenolic OH excluding ortho intramolecular Hbond substituents is 2. The normalized spacial score (nSPS) is 12.7. The van der Waals surface area contributed by atoms with Gasteiger partial charge in [-0.05, 0) is 69.0 Å². The summed E-state index contributed by atoms with van der Waals surface area (Å²) in [6, 6.07) is 10.7. The molecule has 0 aromatic heterocycles. The molecule has 9 nitrogen and oxygen atoms in total. The van der Waals surface area contributed by atoms with Gasteiger partial charge in [0.25, 0.3) is 0 Å². The van der Waals surface area contributed by atoms with Crippen LogP contribution in [0.5, 0.6) is 11.5 Å². The third kappa shape index (κ3) is 13.0. The van der Waals surface area contributed by atoms with Crippen LogP contribution in [-0.2, 0) is 20.7 Å². The number of aromatic hydroxyl groups is 2. The molecule has 2 atom stereocenters. The van der Waals surface area contributed by atoms with Crippen molar-refractivity contribution in [2.45, 2.75) is 110 Å². The first-order chi connectivity index (χ1) is 20.4. The Hall–Kier alpha value is -3.75. The van der Waals surface area contributed by atoms with Crippen molar-refractivity contribution in [1.82, 2.24) is 15.5 Å². The molecule has 0 fully saturated rings. The average Bonchev–Trinajstić information content (AvgIpc) is 2.93. The summed E-state index contributed by atoms with van der Waals surface area (Å²) in [4.78, 5) is 42.7. The van der Waals surface area contributed by atoms with Crippen molar-refractivity contribution in [2.75, 3.05) is 13.1 Å². The van der Waals surface area contributed by atoms with Gasteiger partial charge in [-0.2, -0.15) is 0 Å². The van der Waals surface area contributed by atoms with E-state index in [0.29, 0.717) is 24.1 Å². The number of amides is 3. The predicted octanol–water partition coefficient (Wildman–Crippen LogP) is 6.38. The number of unbranched alkanes of at least 4 members (excludes halogenated alkanes) is 6. The van der Waals surface area contributed by atoms with E-state index in [0.717, 1.165) is 44.9 Å². The van der Waals surface area contributed by atoms with Crippen molar-refractivity contribution in [3.05, 3.63) is 59.7 Å². The molecule has 238 valence electrons. The van der Waals surface area contributed by atoms with E-state index in [-0.39, 0.29) is 30.4 Å². The molecular formula is C34H51N3O6. The SMILES string of the molecule is CCCCCCCCN(C(=O)C(Cc1ccc(O)cc1)NC(=O)OC(C)(C)C)C(C(=O)NCCCC)c1cccc(O)c1. The van der Waals surface area contributed by atoms with Gasteiger partial charge in [0, 0.05) is 19.5 Å². The zero-order chi connectivity index (χ0) is 31.8. The van der Waals surface area contributed by atoms with Gasteiger partial charge >= 0.3 is 6.09 Å². The Morgan fingerprint density at radius 1 is 0.860 bits per heavy atom. The van der Waals surface area contributed by atoms with Gasteiger partial charge in [0.05, 0.1) is 0 Å². The lowest BCUT2D eigenvalue weighted by atomic mass is 9.99. The van der Waals surface area contributed by atoms with Crippen LogP contribution in [0.15, 0.2) is 48.5 Å². The minimum atomic E-state index is -1.05. The maximum atomic E-state index is 14.5. The minimum Gasteiger partial charge on any atom is -0.508 e. The predicted molar refractivity (Wildman–Crippen MR) is 169 cm³/mol. The van der Waals surface area contributed by atoms with Gasteiger partial charge in [-0.1, -0.05) is 76.6 Å². The number of rotatable bonds is 17. The minimum absolute atomic E-state index is 0.0108. The fourth-order valence-corrected chi connectivity index (χ4v) is 4.80. The van der Waals surface area contributed by atoms with E-state index in [9.17, 15) is 24.6 Å². The van der Waals surface area contributed by atoms with Gasteiger partial charge in [0.1, 0.15) is 29.2 Å². The average molecular weight is 598 g/mol. The Balaban J connectivity index is 2.51. The zero-order valence-corrected chi connectivity index (χ0v) is 26.5. The fourth-order valence-electron chi connectivity index (χ4n) is 4.80. The van der Waals surface area contributed by atoms with Crippen LogP contribution in [0.2, 0.25) is 0 Å². The van der Waals surface area contributed by atoms with Crippen LogP contribution in [0.4, 0.5) is 4.79 Å². The second kappa shape index (κ2) is 18.0. The molecule has 0 spiro atoms. The molecule has 4 N–H and O–H groups in total. The third-order valence-corrected chi connectivity index (χ3v) is 6.98. The van der Waals surface area contributed by atoms with Gasteiger partial charge in [-0.15, -0.1) is 0 Å². The maximum absolute atomic E-state index is 14.5. The fraction of sp³-hybridized carbons (Fsp3) is 0.559. The smallest absolute Gasteiger partial charge is 0.408 e. The second-order valence-corrected chi connectivity index (χ2v) is 12.0. The summed E-state index contributed by atoms with van der Waals surface area (Å²) in [6.07, 6.45) is 6.99. The first kappa shape index (κ1) is 35.4. The van der Waals surface area contributed by atoms with Crippen molar-refractivity contribution in [3.8, 4) is 11.5 Å². The van der Waals surface area contributed by atoms with E-state index < -0.39 is 29.7 Å². The molecule has 0 radical (unpaired) electrons. The van der Waals surface area contributed by atoms with Crippen LogP contribution < -0.4 is 10.6 Å². The number of benzene rings is 2. The molecule has 2 unspecified atom stereocenters. The summed E-state index contributed by atoms with van der Waals surface area (Å²) in [6.45, 7) is 10.2. The van der Waals surface area contributed by atoms with Crippen molar-refractivity contribution < 1.29 is 29.3 Å². The topological polar surface area (TPSA) is 128 Å². The van der Waals surface area contributed by atoms with E-state index in [1.54, 1.807) is 45.0 Å². The molecule has 0 saturated heterocycles. The molecule has 0 aliphatic carbocycles. The lowest BCUT2D eigenvalue weighted by Crippen LogP contribution is -2.54. The molecule has 0 heterocycles. The number of nitrogens with one attached hydrogen (secondary N) is 2. The number of hydrogen-bond acceptors (Lipinski definition) is 6. The first-order valence-electron chi connectivity index (χ1n) is 15.6. The van der Waals surface area contributed by atoms with Gasteiger partial charge < -0.3 is 30.5 Å². The maximum Gasteiger partial charge on any atom is 0.408 e. The molecule has 43 heavy (non-hydrogen) atoms. The van der Waals surface area contributed by atoms with E-state index >= 15 is 0 Å². The standard InChI is InChI=1S/C34H51N3O6/c1-6-8-10-11-12-13-22-37(30(31(40)35-21-9-7-2)26-15-14-16-28(39)24-26)32(41)29(36-33(42)43-34(3,4)5)23-25-17-19-27(38)20-18-25/h14-20,24,29-30,38-39H,6-13,21-23H2,1-5H3,(H,35,40)(H,36,42). The largest absolute Gasteiger partial charge is 0.508 e. The van der Waals surface area contributed by atoms with E-state index in [1.807, 2.05) is 6.92 Å². The van der Waals surface area contributed by atoms with Crippen LogP contribution in [-0.4, -0.2) is 57.8 Å². The summed E-state index contributed by atoms with van der Waals surface area (Å²) in [5, 5.41) is 25.8. The number of carbonyl (C=O) groups excluding carboxylic acids is 3. The highest BCUT2D eigenvalue weighted by atomic mass is 16.6. The van der Waals surface area contributed by atoms with E-state index in [2.05, 4.69) is 17.6 Å². The van der Waals surface area contributed by atoms with E-state index in [1.165, 1.54) is 29.2 Å². The molecule has 0 bridgehead atoms. The number of hydrogen-bond donors (Lipinski definition) is 4. The second-order valence-electron chi connectivity index (χ2n) is 12.0. The summed E-state index contributed by atoms with van der Waals surface area (Å²) in [5.74, 6) is -0.710. The van der Waals surface area contributed by atoms with Gasteiger partial charge in [0.15, 0.2) is 0 Å². The Kier molecular flexibility index (Phi) is 14.9. The van der Waals surface area contributed by atoms with Crippen molar-refractivity contribution in [3.63, 3.8) is 0 Å². The van der Waals surface area contributed by atoms with Crippen molar-refractivity contribution in [1.29, 1.82) is 0 Å². The molecule has 9 heteroatoms. The molecule has 0 saturated carbocycles. The molecule has 3 amide bonds. The Bertz CT molecular complexity index is 1150. The number of ether oxygens (including phenoxy) is 1. The Morgan fingerprint density at radius 2 is 1.51 bits per heavy atom. The van der Waals surface area contributed by atoms with E-state index in [4.69, 9.17) is 4.74 Å². The lowest BCUT2D eigenvalue weighted by Gasteiger charge is -2.34. The molecule has 2 rings (SSSR count). The molecule has 0 aliphatic rings. The van der Waals surface area contributed by atoms with Gasteiger partial charge in [-0.25, -0.2) is 4.79 Å². The highest BCUT2D eigenvalue weighted by Gasteiger charge is 2.36. The number of alkyl carbamates (subject to hydrolysis) is 1. The lowest BCUT2D eigenvalue weighted by molar-refractivity contribution is -0.142. The van der Waals surface area contributed by atoms with Crippen LogP contribution in [0.3, 0.4) is 0 Å². The Morgan fingerprint density at radius 3 is 2.14 bits per heavy atom. The first-order valence-corrected chi connectivity index (χ1v) is 15.6. The monoisotopic (exact) mass is 597 g/mol. The Labute approximate surface area is 257 Å². The van der Waals surface area contributed by atoms with Crippen LogP contribution >= 0.6 is 0 Å². The molecule has 2 aromatic rings. The zero-order valence-electron chi connectivity index (χ0n) is 26.5. The summed E-state index contributed by atoms with van der Waals surface area (Å²) in [5.41, 5.74) is 0.416. The highest BCUT2D eigenvalue weighted by molar-refractivity contribution is 5.92. The summed E-state index contributed by atoms with van der Waals surface area (Å²) < 4.78 is 5.49. The third-order valence-electron chi connectivity index (χ3n) is 6.98. The van der Waals surface area contributed by atoms with Crippen LogP contribution in [0.1, 0.15) is 103 Å². The van der Waals surface area contributed by atoms with Gasteiger partial charge in [-0.3, -0.25) is 9.59 Å². The van der Waals surface area contributed by atoms with Crippen LogP contribution in [0, 0.1) is 0 Å². The number of carbonyl (C=O) groups is 3. The molecular weight excluding hydrogens is 546 g/mol. The molecule has 0 aliphatic heterocycles. The number of phenols is 2. The summed E-state index contributed by atoms with van der Waals surface area (Å²) in [7, 11) is 0. The number of nitrogens with zero attached hydrogens (tertiary/aromatic N) is 1. The highest BCUT2D eigenvalue weighted by Crippen LogP contribution is 2.27. The quantitative estimate of drug-likeness (QED) is 0.157. The molecule has 2 aromatic carbocycles. The van der Waals surface area contributed by atoms with Crippen LogP contribution in [0.25, 0.3) is 0 Å². The van der Waals surface area contributed by atoms with Gasteiger partial charge in [0.2, 0.25) is 11.8 Å². The van der Waals surface area contributed by atoms with Crippen molar-refractivity contribution >= 4 is 17.9 Å². The van der Waals surface area contributed by atoms with Crippen molar-refractivity contribution in [2.24, 2.45) is 0 Å².